The molecule has 0 spiro atoms. The molecule has 1 aliphatic rings. The highest BCUT2D eigenvalue weighted by atomic mass is 16.7. The van der Waals surface area contributed by atoms with Crippen LogP contribution in [-0.2, 0) is 4.74 Å². The fourth-order valence-corrected chi connectivity index (χ4v) is 3.74. The van der Waals surface area contributed by atoms with Crippen LogP contribution in [0.4, 0.5) is 0 Å². The lowest BCUT2D eigenvalue weighted by atomic mass is 10.0. The van der Waals surface area contributed by atoms with Crippen LogP contribution >= 0.6 is 0 Å². The second kappa shape index (κ2) is 13.1. The van der Waals surface area contributed by atoms with Gasteiger partial charge in [-0.3, -0.25) is 0 Å². The number of aromatic hydroxyl groups is 1. The van der Waals surface area contributed by atoms with Crippen molar-refractivity contribution in [2.75, 3.05) is 7.11 Å². The largest absolute Gasteiger partial charge is 0.508 e. The number of rotatable bonds is 6. The highest BCUT2D eigenvalue weighted by Gasteiger charge is 2.13. The predicted octanol–water partition coefficient (Wildman–Crippen LogP) is 8.70. The van der Waals surface area contributed by atoms with Gasteiger partial charge in [0.1, 0.15) is 11.5 Å². The maximum Gasteiger partial charge on any atom is 0.201 e. The topological polar surface area (TPSA) is 38.7 Å². The van der Waals surface area contributed by atoms with Crippen LogP contribution in [0.2, 0.25) is 0 Å². The van der Waals surface area contributed by atoms with E-state index in [9.17, 15) is 0 Å². The highest BCUT2D eigenvalue weighted by Crippen LogP contribution is 2.30. The van der Waals surface area contributed by atoms with Crippen molar-refractivity contribution in [1.29, 1.82) is 0 Å². The second-order valence-corrected chi connectivity index (χ2v) is 8.66. The number of hydrogen-bond donors (Lipinski definition) is 1. The molecule has 0 bridgehead atoms. The van der Waals surface area contributed by atoms with E-state index in [1.165, 1.54) is 21.9 Å². The summed E-state index contributed by atoms with van der Waals surface area (Å²) in [6.45, 7) is 11.4. The Balaban J connectivity index is 0.000000155. The molecule has 0 saturated carbocycles. The Bertz CT molecular complexity index is 1260. The number of methoxy groups -OCH3 is 1. The molecule has 5 rings (SSSR count). The lowest BCUT2D eigenvalue weighted by molar-refractivity contribution is -0.0833. The number of phenols is 1. The van der Waals surface area contributed by atoms with Gasteiger partial charge in [-0.1, -0.05) is 112 Å². The van der Waals surface area contributed by atoms with E-state index in [1.807, 2.05) is 36.4 Å². The summed E-state index contributed by atoms with van der Waals surface area (Å²) in [5.41, 5.74) is 4.81. The molecule has 0 aromatic heterocycles. The first-order chi connectivity index (χ1) is 17.4. The van der Waals surface area contributed by atoms with E-state index in [1.54, 1.807) is 31.4 Å². The molecule has 1 unspecified atom stereocenters. The van der Waals surface area contributed by atoms with Crippen LogP contribution in [0.3, 0.4) is 0 Å². The summed E-state index contributed by atoms with van der Waals surface area (Å²) >= 11 is 0. The Morgan fingerprint density at radius 2 is 1.22 bits per heavy atom. The molecule has 3 nitrogen and oxygen atoms in total. The molecule has 0 heterocycles. The molecule has 1 N–H and O–H groups in total. The third-order valence-electron chi connectivity index (χ3n) is 5.69. The highest BCUT2D eigenvalue weighted by molar-refractivity contribution is 6.04. The van der Waals surface area contributed by atoms with Gasteiger partial charge in [-0.2, -0.15) is 0 Å². The molecule has 0 amide bonds. The minimum Gasteiger partial charge on any atom is -0.508 e. The SMILES string of the molecule is C1=Cc2cccc3cccc1c23.C=Cc1ccc(O)cc1.C=Cc1ccc(OC(OC)C(C)C)cc1. The summed E-state index contributed by atoms with van der Waals surface area (Å²) in [4.78, 5) is 0. The van der Waals surface area contributed by atoms with Crippen LogP contribution in [0.25, 0.3) is 35.1 Å². The molecule has 3 heteroatoms. The third-order valence-corrected chi connectivity index (χ3v) is 5.69. The fourth-order valence-electron chi connectivity index (χ4n) is 3.74. The molecule has 0 aliphatic heterocycles. The van der Waals surface area contributed by atoms with Gasteiger partial charge in [-0.25, -0.2) is 0 Å². The zero-order valence-electron chi connectivity index (χ0n) is 21.2. The normalized spacial score (nSPS) is 11.7. The van der Waals surface area contributed by atoms with Crippen LogP contribution in [0, 0.1) is 5.92 Å². The Kier molecular flexibility index (Phi) is 9.67. The Morgan fingerprint density at radius 1 is 0.722 bits per heavy atom. The molecule has 0 radical (unpaired) electrons. The lowest BCUT2D eigenvalue weighted by Gasteiger charge is -2.20. The lowest BCUT2D eigenvalue weighted by Crippen LogP contribution is -2.24. The summed E-state index contributed by atoms with van der Waals surface area (Å²) in [6, 6.07) is 27.5. The minimum atomic E-state index is -0.195. The molecular weight excluding hydrogens is 444 g/mol. The van der Waals surface area contributed by atoms with Gasteiger partial charge < -0.3 is 14.6 Å². The smallest absolute Gasteiger partial charge is 0.201 e. The van der Waals surface area contributed by atoms with Gasteiger partial charge in [0.15, 0.2) is 0 Å². The molecular formula is C33H34O3. The van der Waals surface area contributed by atoms with Crippen molar-refractivity contribution in [2.45, 2.75) is 20.1 Å². The van der Waals surface area contributed by atoms with Gasteiger partial charge in [0.2, 0.25) is 6.29 Å². The summed E-state index contributed by atoms with van der Waals surface area (Å²) in [7, 11) is 1.66. The van der Waals surface area contributed by atoms with Gasteiger partial charge >= 0.3 is 0 Å². The Morgan fingerprint density at radius 3 is 1.67 bits per heavy atom. The number of ether oxygens (including phenoxy) is 2. The number of hydrogen-bond acceptors (Lipinski definition) is 3. The van der Waals surface area contributed by atoms with Crippen molar-refractivity contribution in [2.24, 2.45) is 5.92 Å². The van der Waals surface area contributed by atoms with Gasteiger partial charge in [-0.05, 0) is 57.3 Å². The quantitative estimate of drug-likeness (QED) is 0.248. The summed E-state index contributed by atoms with van der Waals surface area (Å²) < 4.78 is 10.9. The van der Waals surface area contributed by atoms with Gasteiger partial charge in [-0.15, -0.1) is 0 Å². The molecule has 1 atom stereocenters. The van der Waals surface area contributed by atoms with Crippen molar-refractivity contribution in [1.82, 2.24) is 0 Å². The van der Waals surface area contributed by atoms with Crippen LogP contribution in [-0.4, -0.2) is 18.5 Å². The van der Waals surface area contributed by atoms with Crippen molar-refractivity contribution in [3.63, 3.8) is 0 Å². The maximum atomic E-state index is 8.82. The van der Waals surface area contributed by atoms with E-state index in [4.69, 9.17) is 14.6 Å². The molecule has 1 aliphatic carbocycles. The van der Waals surface area contributed by atoms with Gasteiger partial charge in [0.05, 0.1) is 0 Å². The third kappa shape index (κ3) is 7.21. The van der Waals surface area contributed by atoms with Gasteiger partial charge in [0, 0.05) is 13.0 Å². The molecule has 4 aromatic rings. The number of phenolic OH excluding ortho intramolecular Hbond substituents is 1. The Labute approximate surface area is 214 Å². The molecule has 4 aromatic carbocycles. The first-order valence-electron chi connectivity index (χ1n) is 12.0. The number of benzene rings is 4. The average Bonchev–Trinajstić information content (AvgIpc) is 3.34. The molecule has 184 valence electrons. The van der Waals surface area contributed by atoms with E-state index < -0.39 is 0 Å². The van der Waals surface area contributed by atoms with E-state index in [-0.39, 0.29) is 6.29 Å². The van der Waals surface area contributed by atoms with Crippen LogP contribution < -0.4 is 4.74 Å². The maximum absolute atomic E-state index is 8.82. The Hall–Kier alpha value is -4.08. The predicted molar refractivity (Wildman–Crippen MR) is 154 cm³/mol. The van der Waals surface area contributed by atoms with Crippen LogP contribution in [0.5, 0.6) is 11.5 Å². The van der Waals surface area contributed by atoms with E-state index in [2.05, 4.69) is 75.6 Å². The molecule has 0 fully saturated rings. The van der Waals surface area contributed by atoms with E-state index >= 15 is 0 Å². The van der Waals surface area contributed by atoms with Gasteiger partial charge in [0.25, 0.3) is 0 Å². The first kappa shape index (κ1) is 26.5. The van der Waals surface area contributed by atoms with Crippen molar-refractivity contribution < 1.29 is 14.6 Å². The summed E-state index contributed by atoms with van der Waals surface area (Å²) in [5, 5.41) is 11.6. The summed E-state index contributed by atoms with van der Waals surface area (Å²) in [5.74, 6) is 1.44. The molecule has 0 saturated heterocycles. The van der Waals surface area contributed by atoms with Crippen molar-refractivity contribution >= 4 is 35.1 Å². The first-order valence-corrected chi connectivity index (χ1v) is 12.0. The second-order valence-electron chi connectivity index (χ2n) is 8.66. The standard InChI is InChI=1S/C13H18O2.C12H8.C8H8O/c1-5-11-6-8-12(9-7-11)15-13(14-4)10(2)3;1-3-9-4-2-6-11-8-7-10(5-1)12(9)11;1-2-7-3-5-8(9)6-4-7/h5-10,13H,1H2,2-4H3;1-8H;2-6,9H,1H2. The minimum absolute atomic E-state index is 0.195. The van der Waals surface area contributed by atoms with Crippen molar-refractivity contribution in [3.8, 4) is 11.5 Å². The van der Waals surface area contributed by atoms with E-state index in [0.29, 0.717) is 11.7 Å². The fraction of sp³-hybridized carbons (Fsp3) is 0.152. The van der Waals surface area contributed by atoms with Crippen LogP contribution in [0.15, 0.2) is 98.1 Å². The van der Waals surface area contributed by atoms with Crippen molar-refractivity contribution in [3.05, 3.63) is 120 Å². The average molecular weight is 479 g/mol. The zero-order valence-corrected chi connectivity index (χ0v) is 21.2. The summed E-state index contributed by atoms with van der Waals surface area (Å²) in [6.07, 6.45) is 7.70. The zero-order chi connectivity index (χ0) is 25.9. The van der Waals surface area contributed by atoms with E-state index in [0.717, 1.165) is 16.9 Å². The van der Waals surface area contributed by atoms with Crippen LogP contribution in [0.1, 0.15) is 36.1 Å². The monoisotopic (exact) mass is 478 g/mol. The molecule has 36 heavy (non-hydrogen) atoms.